The zero-order valence-electron chi connectivity index (χ0n) is 16.3. The Morgan fingerprint density at radius 1 is 1.21 bits per heavy atom. The lowest BCUT2D eigenvalue weighted by atomic mass is 10.1. The summed E-state index contributed by atoms with van der Waals surface area (Å²) >= 11 is 0. The molecule has 0 radical (unpaired) electrons. The summed E-state index contributed by atoms with van der Waals surface area (Å²) in [6.07, 6.45) is 3.07. The normalized spacial score (nSPS) is 10.3. The number of ether oxygens (including phenoxy) is 1. The van der Waals surface area contributed by atoms with Crippen LogP contribution in [-0.4, -0.2) is 47.8 Å². The van der Waals surface area contributed by atoms with E-state index in [-0.39, 0.29) is 18.1 Å². The third-order valence-corrected chi connectivity index (χ3v) is 4.13. The van der Waals surface area contributed by atoms with Crippen molar-refractivity contribution < 1.29 is 28.3 Å². The minimum Gasteiger partial charge on any atom is -0.459 e. The van der Waals surface area contributed by atoms with Crippen LogP contribution in [0.2, 0.25) is 0 Å². The largest absolute Gasteiger partial charge is 0.459 e. The van der Waals surface area contributed by atoms with E-state index in [1.165, 1.54) is 12.3 Å². The van der Waals surface area contributed by atoms with E-state index in [2.05, 4.69) is 17.2 Å². The van der Waals surface area contributed by atoms with Gasteiger partial charge < -0.3 is 24.4 Å². The molecule has 2 aromatic rings. The number of nitrogens with one attached hydrogen (secondary N) is 2. The van der Waals surface area contributed by atoms with Crippen LogP contribution >= 0.6 is 0 Å². The second-order valence-electron chi connectivity index (χ2n) is 6.20. The molecule has 0 bridgehead atoms. The average molecular weight is 401 g/mol. The molecule has 2 N–H and O–H groups in total. The van der Waals surface area contributed by atoms with Crippen LogP contribution in [0.3, 0.4) is 0 Å². The van der Waals surface area contributed by atoms with Gasteiger partial charge in [0.25, 0.3) is 5.91 Å². The molecule has 0 unspecified atom stereocenters. The smallest absolute Gasteiger partial charge is 0.325 e. The number of rotatable bonds is 10. The molecule has 154 valence electrons. The maximum atomic E-state index is 12.3. The van der Waals surface area contributed by atoms with Gasteiger partial charge in [0.2, 0.25) is 11.7 Å². The number of carbonyl (C=O) groups excluding carboxylic acids is 4. The molecule has 0 aliphatic carbocycles. The number of Topliss-reactive ketones (excluding diaryl/α,β-unsaturated/α-hetero) is 1. The van der Waals surface area contributed by atoms with Crippen molar-refractivity contribution in [3.05, 3.63) is 59.8 Å². The summed E-state index contributed by atoms with van der Waals surface area (Å²) in [6.45, 7) is 6.77. The van der Waals surface area contributed by atoms with E-state index in [4.69, 9.17) is 9.15 Å². The van der Waals surface area contributed by atoms with Crippen LogP contribution in [0.5, 0.6) is 0 Å². The Balaban J connectivity index is 1.73. The van der Waals surface area contributed by atoms with Crippen molar-refractivity contribution in [2.75, 3.05) is 19.7 Å². The number of ketones is 1. The van der Waals surface area contributed by atoms with Gasteiger partial charge in [-0.05, 0) is 32.0 Å². The number of nitrogens with zero attached hydrogens (tertiary/aromatic N) is 1. The summed E-state index contributed by atoms with van der Waals surface area (Å²) < 4.78 is 11.7. The van der Waals surface area contributed by atoms with Crippen molar-refractivity contribution in [2.24, 2.45) is 0 Å². The third kappa shape index (κ3) is 5.93. The average Bonchev–Trinajstić information content (AvgIpc) is 3.33. The molecule has 2 heterocycles. The van der Waals surface area contributed by atoms with Gasteiger partial charge in [-0.1, -0.05) is 6.08 Å². The topological polar surface area (TPSA) is 120 Å². The Morgan fingerprint density at radius 3 is 2.62 bits per heavy atom. The molecule has 0 saturated heterocycles. The monoisotopic (exact) mass is 401 g/mol. The third-order valence-electron chi connectivity index (χ3n) is 4.13. The van der Waals surface area contributed by atoms with E-state index >= 15 is 0 Å². The van der Waals surface area contributed by atoms with Crippen molar-refractivity contribution in [2.45, 2.75) is 20.4 Å². The van der Waals surface area contributed by atoms with Gasteiger partial charge in [-0.25, -0.2) is 0 Å². The number of hydrogen-bond donors (Lipinski definition) is 2. The standard InChI is InChI=1S/C20H23N3O6/c1-4-7-23-13(2)9-15(14(23)3)16(24)12-29-19(26)11-21-18(25)10-22-20(27)17-6-5-8-28-17/h4-6,8-9H,1,7,10-12H2,2-3H3,(H,21,25)(H,22,27). The number of amides is 2. The van der Waals surface area contributed by atoms with E-state index in [0.29, 0.717) is 12.1 Å². The van der Waals surface area contributed by atoms with Crippen molar-refractivity contribution >= 4 is 23.6 Å². The minimum atomic E-state index is -0.760. The van der Waals surface area contributed by atoms with Crippen LogP contribution in [0.15, 0.2) is 41.5 Å². The van der Waals surface area contributed by atoms with Crippen LogP contribution in [0.1, 0.15) is 32.3 Å². The van der Waals surface area contributed by atoms with Gasteiger partial charge in [-0.3, -0.25) is 19.2 Å². The highest BCUT2D eigenvalue weighted by Crippen LogP contribution is 2.16. The number of aromatic nitrogens is 1. The fourth-order valence-corrected chi connectivity index (χ4v) is 2.66. The number of furan rings is 1. The van der Waals surface area contributed by atoms with Gasteiger partial charge in [0, 0.05) is 23.5 Å². The first kappa shape index (κ1) is 21.7. The van der Waals surface area contributed by atoms with E-state index in [9.17, 15) is 19.2 Å². The lowest BCUT2D eigenvalue weighted by Crippen LogP contribution is -2.39. The molecule has 29 heavy (non-hydrogen) atoms. The van der Waals surface area contributed by atoms with Gasteiger partial charge >= 0.3 is 5.97 Å². The van der Waals surface area contributed by atoms with E-state index < -0.39 is 30.9 Å². The molecule has 0 saturated carbocycles. The molecule has 0 atom stereocenters. The Kier molecular flexibility index (Phi) is 7.53. The molecule has 0 spiro atoms. The molecule has 9 nitrogen and oxygen atoms in total. The van der Waals surface area contributed by atoms with Crippen molar-refractivity contribution in [3.63, 3.8) is 0 Å². The van der Waals surface area contributed by atoms with Crippen LogP contribution in [0, 0.1) is 13.8 Å². The van der Waals surface area contributed by atoms with E-state index in [0.717, 1.165) is 11.4 Å². The molecule has 0 fully saturated rings. The van der Waals surface area contributed by atoms with Crippen molar-refractivity contribution in [1.82, 2.24) is 15.2 Å². The number of hydrogen-bond acceptors (Lipinski definition) is 6. The van der Waals surface area contributed by atoms with Crippen molar-refractivity contribution in [1.29, 1.82) is 0 Å². The van der Waals surface area contributed by atoms with E-state index in [1.807, 2.05) is 18.4 Å². The second kappa shape index (κ2) is 10.1. The van der Waals surface area contributed by atoms with Gasteiger partial charge in [0.1, 0.15) is 6.54 Å². The summed E-state index contributed by atoms with van der Waals surface area (Å²) in [5.74, 6) is -2.15. The number of aryl methyl sites for hydroxylation is 1. The lowest BCUT2D eigenvalue weighted by molar-refractivity contribution is -0.142. The van der Waals surface area contributed by atoms with Crippen molar-refractivity contribution in [3.8, 4) is 0 Å². The molecule has 0 aromatic carbocycles. The van der Waals surface area contributed by atoms with Crippen LogP contribution in [0.4, 0.5) is 0 Å². The summed E-state index contributed by atoms with van der Waals surface area (Å²) in [5, 5.41) is 4.65. The number of allylic oxidation sites excluding steroid dienone is 1. The molecule has 9 heteroatoms. The highest BCUT2D eigenvalue weighted by atomic mass is 16.5. The first-order valence-corrected chi connectivity index (χ1v) is 8.88. The zero-order chi connectivity index (χ0) is 21.4. The van der Waals surface area contributed by atoms with Crippen LogP contribution in [0.25, 0.3) is 0 Å². The Hall–Kier alpha value is -3.62. The highest BCUT2D eigenvalue weighted by molar-refractivity contribution is 5.99. The fraction of sp³-hybridized carbons (Fsp3) is 0.300. The quantitative estimate of drug-likeness (QED) is 0.350. The summed E-state index contributed by atoms with van der Waals surface area (Å²) in [7, 11) is 0. The van der Waals surface area contributed by atoms with Gasteiger partial charge in [0.15, 0.2) is 12.4 Å². The molecular weight excluding hydrogens is 378 g/mol. The highest BCUT2D eigenvalue weighted by Gasteiger charge is 2.17. The Labute approximate surface area is 167 Å². The molecular formula is C20H23N3O6. The van der Waals surface area contributed by atoms with E-state index in [1.54, 1.807) is 18.2 Å². The predicted molar refractivity (Wildman–Crippen MR) is 103 cm³/mol. The summed E-state index contributed by atoms with van der Waals surface area (Å²) in [4.78, 5) is 47.4. The predicted octanol–water partition coefficient (Wildman–Crippen LogP) is 1.16. The van der Waals surface area contributed by atoms with Gasteiger partial charge in [-0.15, -0.1) is 6.58 Å². The summed E-state index contributed by atoms with van der Waals surface area (Å²) in [5.41, 5.74) is 2.15. The molecule has 0 aliphatic rings. The molecule has 2 amide bonds. The SMILES string of the molecule is C=CCn1c(C)cc(C(=O)COC(=O)CNC(=O)CNC(=O)c2ccco2)c1C. The molecule has 0 aliphatic heterocycles. The first-order valence-electron chi connectivity index (χ1n) is 8.88. The number of esters is 1. The second-order valence-corrected chi connectivity index (χ2v) is 6.20. The minimum absolute atomic E-state index is 0.0724. The number of carbonyl (C=O) groups is 4. The Bertz CT molecular complexity index is 911. The van der Waals surface area contributed by atoms with Crippen LogP contribution in [-0.2, 0) is 20.9 Å². The first-order chi connectivity index (χ1) is 13.8. The molecule has 2 rings (SSSR count). The van der Waals surface area contributed by atoms with Gasteiger partial charge in [0.05, 0.1) is 12.8 Å². The van der Waals surface area contributed by atoms with Gasteiger partial charge in [-0.2, -0.15) is 0 Å². The van der Waals surface area contributed by atoms with Crippen LogP contribution < -0.4 is 10.6 Å². The maximum absolute atomic E-state index is 12.3. The zero-order valence-corrected chi connectivity index (χ0v) is 16.3. The fourth-order valence-electron chi connectivity index (χ4n) is 2.66. The maximum Gasteiger partial charge on any atom is 0.325 e. The Morgan fingerprint density at radius 2 is 1.97 bits per heavy atom. The summed E-state index contributed by atoms with van der Waals surface area (Å²) in [6, 6.07) is 4.73. The molecule has 2 aromatic heterocycles. The lowest BCUT2D eigenvalue weighted by Gasteiger charge is -2.08.